The summed E-state index contributed by atoms with van der Waals surface area (Å²) in [5.41, 5.74) is 1.55. The number of carbonyl (C=O) groups is 1. The van der Waals surface area contributed by atoms with Crippen molar-refractivity contribution in [2.75, 3.05) is 0 Å². The molecule has 0 spiro atoms. The lowest BCUT2D eigenvalue weighted by molar-refractivity contribution is -0.136. The SMILES string of the molecule is O=C(O)CCc1ccc(CF)cc1. The van der Waals surface area contributed by atoms with Gasteiger partial charge in [0.1, 0.15) is 6.67 Å². The molecule has 0 atom stereocenters. The molecule has 0 aliphatic carbocycles. The van der Waals surface area contributed by atoms with Gasteiger partial charge >= 0.3 is 5.97 Å². The Kier molecular flexibility index (Phi) is 3.43. The number of alkyl halides is 1. The highest BCUT2D eigenvalue weighted by Crippen LogP contribution is 2.07. The van der Waals surface area contributed by atoms with E-state index in [9.17, 15) is 9.18 Å². The predicted octanol–water partition coefficient (Wildman–Crippen LogP) is 2.17. The summed E-state index contributed by atoms with van der Waals surface area (Å²) >= 11 is 0. The number of halogens is 1. The number of hydrogen-bond acceptors (Lipinski definition) is 1. The van der Waals surface area contributed by atoms with E-state index in [1.807, 2.05) is 0 Å². The van der Waals surface area contributed by atoms with E-state index in [4.69, 9.17) is 5.11 Å². The molecule has 1 N–H and O–H groups in total. The molecule has 1 aromatic rings. The Morgan fingerprint density at radius 2 is 1.77 bits per heavy atom. The quantitative estimate of drug-likeness (QED) is 0.774. The van der Waals surface area contributed by atoms with Crippen LogP contribution in [0.4, 0.5) is 4.39 Å². The summed E-state index contributed by atoms with van der Waals surface area (Å²) in [6.45, 7) is -0.473. The maximum Gasteiger partial charge on any atom is 0.303 e. The molecule has 2 nitrogen and oxygen atoms in total. The predicted molar refractivity (Wildman–Crippen MR) is 47.2 cm³/mol. The van der Waals surface area contributed by atoms with Crippen LogP contribution in [-0.2, 0) is 17.9 Å². The molecule has 0 saturated carbocycles. The maximum absolute atomic E-state index is 12.1. The summed E-state index contributed by atoms with van der Waals surface area (Å²) in [5, 5.41) is 8.42. The zero-order valence-electron chi connectivity index (χ0n) is 7.16. The smallest absolute Gasteiger partial charge is 0.303 e. The Morgan fingerprint density at radius 3 is 2.23 bits per heavy atom. The molecule has 1 rings (SSSR count). The lowest BCUT2D eigenvalue weighted by Gasteiger charge is -1.99. The summed E-state index contributed by atoms with van der Waals surface area (Å²) in [6.07, 6.45) is 0.622. The third-order valence-electron chi connectivity index (χ3n) is 1.80. The number of carboxylic acid groups (broad SMARTS) is 1. The second kappa shape index (κ2) is 4.60. The van der Waals surface area contributed by atoms with Crippen LogP contribution in [0.5, 0.6) is 0 Å². The van der Waals surface area contributed by atoms with E-state index in [1.165, 1.54) is 0 Å². The lowest BCUT2D eigenvalue weighted by Crippen LogP contribution is -1.97. The van der Waals surface area contributed by atoms with E-state index < -0.39 is 12.6 Å². The van der Waals surface area contributed by atoms with Crippen LogP contribution in [0.1, 0.15) is 17.5 Å². The molecule has 0 aliphatic rings. The van der Waals surface area contributed by atoms with Gasteiger partial charge in [-0.15, -0.1) is 0 Å². The number of hydrogen-bond donors (Lipinski definition) is 1. The van der Waals surface area contributed by atoms with Crippen LogP contribution in [0.2, 0.25) is 0 Å². The molecule has 0 aromatic heterocycles. The van der Waals surface area contributed by atoms with Gasteiger partial charge in [0, 0.05) is 6.42 Å². The molecule has 0 fully saturated rings. The fraction of sp³-hybridized carbons (Fsp3) is 0.300. The van der Waals surface area contributed by atoms with Gasteiger partial charge in [-0.05, 0) is 17.5 Å². The van der Waals surface area contributed by atoms with Crippen LogP contribution >= 0.6 is 0 Å². The van der Waals surface area contributed by atoms with Crippen molar-refractivity contribution in [3.63, 3.8) is 0 Å². The minimum atomic E-state index is -0.811. The van der Waals surface area contributed by atoms with E-state index in [0.29, 0.717) is 12.0 Å². The maximum atomic E-state index is 12.1. The summed E-state index contributed by atoms with van der Waals surface area (Å²) < 4.78 is 12.1. The van der Waals surface area contributed by atoms with Crippen LogP contribution in [0.3, 0.4) is 0 Å². The summed E-state index contributed by atoms with van der Waals surface area (Å²) in [6, 6.07) is 6.88. The van der Waals surface area contributed by atoms with E-state index in [0.717, 1.165) is 5.56 Å². The largest absolute Gasteiger partial charge is 0.481 e. The molecule has 0 amide bonds. The van der Waals surface area contributed by atoms with Crippen molar-refractivity contribution in [1.82, 2.24) is 0 Å². The molecular weight excluding hydrogens is 171 g/mol. The molecule has 0 radical (unpaired) electrons. The number of aryl methyl sites for hydroxylation is 1. The normalized spacial score (nSPS) is 9.92. The number of carboxylic acids is 1. The van der Waals surface area contributed by atoms with Gasteiger partial charge in [-0.1, -0.05) is 24.3 Å². The molecule has 70 valence electrons. The van der Waals surface area contributed by atoms with Gasteiger partial charge in [0.2, 0.25) is 0 Å². The van der Waals surface area contributed by atoms with Gasteiger partial charge in [-0.25, -0.2) is 4.39 Å². The van der Waals surface area contributed by atoms with Crippen LogP contribution < -0.4 is 0 Å². The number of aliphatic carboxylic acids is 1. The van der Waals surface area contributed by atoms with Crippen molar-refractivity contribution >= 4 is 5.97 Å². The number of benzene rings is 1. The number of rotatable bonds is 4. The van der Waals surface area contributed by atoms with Crippen LogP contribution in [-0.4, -0.2) is 11.1 Å². The first-order chi connectivity index (χ1) is 6.22. The third kappa shape index (κ3) is 3.23. The van der Waals surface area contributed by atoms with Crippen LogP contribution in [0, 0.1) is 0 Å². The van der Waals surface area contributed by atoms with Gasteiger partial charge in [0.05, 0.1) is 0 Å². The summed E-state index contributed by atoms with van der Waals surface area (Å²) in [7, 11) is 0. The Bertz CT molecular complexity index is 279. The van der Waals surface area contributed by atoms with Crippen molar-refractivity contribution in [3.8, 4) is 0 Å². The van der Waals surface area contributed by atoms with Gasteiger partial charge in [0.25, 0.3) is 0 Å². The second-order valence-corrected chi connectivity index (χ2v) is 2.84. The lowest BCUT2D eigenvalue weighted by atomic mass is 10.1. The summed E-state index contributed by atoms with van der Waals surface area (Å²) in [5.74, 6) is -0.811. The van der Waals surface area contributed by atoms with Crippen molar-refractivity contribution < 1.29 is 14.3 Å². The Balaban J connectivity index is 2.54. The van der Waals surface area contributed by atoms with Crippen molar-refractivity contribution in [1.29, 1.82) is 0 Å². The minimum Gasteiger partial charge on any atom is -0.481 e. The minimum absolute atomic E-state index is 0.120. The van der Waals surface area contributed by atoms with Crippen LogP contribution in [0.15, 0.2) is 24.3 Å². The highest BCUT2D eigenvalue weighted by atomic mass is 19.1. The van der Waals surface area contributed by atoms with Gasteiger partial charge < -0.3 is 5.11 Å². The van der Waals surface area contributed by atoms with E-state index in [-0.39, 0.29) is 6.42 Å². The first-order valence-electron chi connectivity index (χ1n) is 4.08. The van der Waals surface area contributed by atoms with Gasteiger partial charge in [0.15, 0.2) is 0 Å². The first kappa shape index (κ1) is 9.71. The van der Waals surface area contributed by atoms with Crippen molar-refractivity contribution in [2.45, 2.75) is 19.5 Å². The molecule has 0 saturated heterocycles. The topological polar surface area (TPSA) is 37.3 Å². The van der Waals surface area contributed by atoms with Crippen molar-refractivity contribution in [2.24, 2.45) is 0 Å². The zero-order valence-corrected chi connectivity index (χ0v) is 7.16. The standard InChI is InChI=1S/C10H11FO2/c11-7-9-3-1-8(2-4-9)5-6-10(12)13/h1-4H,5-7H2,(H,12,13). The average molecular weight is 182 g/mol. The van der Waals surface area contributed by atoms with E-state index in [2.05, 4.69) is 0 Å². The van der Waals surface area contributed by atoms with Crippen molar-refractivity contribution in [3.05, 3.63) is 35.4 Å². The zero-order chi connectivity index (χ0) is 9.68. The Morgan fingerprint density at radius 1 is 1.23 bits per heavy atom. The molecule has 0 heterocycles. The Hall–Kier alpha value is -1.38. The third-order valence-corrected chi connectivity index (χ3v) is 1.80. The molecule has 0 bridgehead atoms. The van der Waals surface area contributed by atoms with Gasteiger partial charge in [-0.3, -0.25) is 4.79 Å². The monoisotopic (exact) mass is 182 g/mol. The average Bonchev–Trinajstić information content (AvgIpc) is 2.15. The molecule has 13 heavy (non-hydrogen) atoms. The van der Waals surface area contributed by atoms with E-state index >= 15 is 0 Å². The fourth-order valence-electron chi connectivity index (χ4n) is 1.05. The molecule has 0 unspecified atom stereocenters. The highest BCUT2D eigenvalue weighted by Gasteiger charge is 1.98. The molecule has 1 aromatic carbocycles. The first-order valence-corrected chi connectivity index (χ1v) is 4.08. The van der Waals surface area contributed by atoms with Crippen LogP contribution in [0.25, 0.3) is 0 Å². The highest BCUT2D eigenvalue weighted by molar-refractivity contribution is 5.67. The van der Waals surface area contributed by atoms with E-state index in [1.54, 1.807) is 24.3 Å². The fourth-order valence-corrected chi connectivity index (χ4v) is 1.05. The second-order valence-electron chi connectivity index (χ2n) is 2.84. The van der Waals surface area contributed by atoms with Gasteiger partial charge in [-0.2, -0.15) is 0 Å². The molecular formula is C10H11FO2. The molecule has 0 aliphatic heterocycles. The molecule has 3 heteroatoms. The Labute approximate surface area is 76.0 Å². The summed E-state index contributed by atoms with van der Waals surface area (Å²) in [4.78, 5) is 10.2.